The smallest absolute Gasteiger partial charge is 0.228 e. The van der Waals surface area contributed by atoms with Crippen LogP contribution in [0.3, 0.4) is 0 Å². The van der Waals surface area contributed by atoms with Gasteiger partial charge in [-0.1, -0.05) is 291 Å². The van der Waals surface area contributed by atoms with Gasteiger partial charge in [0.2, 0.25) is 17.7 Å². The molecule has 0 spiro atoms. The van der Waals surface area contributed by atoms with Crippen molar-refractivity contribution in [2.75, 3.05) is 0 Å². The third kappa shape index (κ3) is 14.7. The van der Waals surface area contributed by atoms with Gasteiger partial charge in [0.15, 0.2) is 69.2 Å². The second kappa shape index (κ2) is 34.8. The predicted octanol–water partition coefficient (Wildman–Crippen LogP) is 34.5. The lowest BCUT2D eigenvalue weighted by atomic mass is 10.0. The van der Waals surface area contributed by atoms with Crippen LogP contribution in [0.4, 0.5) is 0 Å². The van der Waals surface area contributed by atoms with Gasteiger partial charge in [-0.2, -0.15) is 0 Å². The highest BCUT2D eigenvalue weighted by Gasteiger charge is 2.29. The number of oxazole rings is 3. The third-order valence-electron chi connectivity index (χ3n) is 27.0. The Morgan fingerprint density at radius 3 is 0.837 bits per heavy atom. The Morgan fingerprint density at radius 2 is 0.408 bits per heavy atom. The van der Waals surface area contributed by atoms with Crippen LogP contribution in [-0.4, -0.2) is 59.8 Å². The van der Waals surface area contributed by atoms with Crippen LogP contribution < -0.4 is 0 Å². The molecule has 31 aromatic rings. The summed E-state index contributed by atoms with van der Waals surface area (Å²) in [4.78, 5) is 60.4. The molecular formula is C126H70N12O6S3. The highest BCUT2D eigenvalue weighted by molar-refractivity contribution is 7.27. The van der Waals surface area contributed by atoms with E-state index in [9.17, 15) is 0 Å². The highest BCUT2D eigenvalue weighted by atomic mass is 32.1. The van der Waals surface area contributed by atoms with Crippen LogP contribution >= 0.6 is 34.0 Å². The quantitative estimate of drug-likeness (QED) is 0.104. The van der Waals surface area contributed by atoms with Crippen molar-refractivity contribution in [3.63, 3.8) is 0 Å². The number of benzene rings is 19. The zero-order valence-electron chi connectivity index (χ0n) is 77.5. The summed E-state index contributed by atoms with van der Waals surface area (Å²) in [5.41, 5.74) is 21.9. The second-order valence-corrected chi connectivity index (χ2v) is 39.0. The Kier molecular flexibility index (Phi) is 20.0. The Labute approximate surface area is 846 Å². The summed E-state index contributed by atoms with van der Waals surface area (Å²) in [6.07, 6.45) is 0. The van der Waals surface area contributed by atoms with Crippen molar-refractivity contribution in [2.24, 2.45) is 0 Å². The molecule has 0 N–H and O–H groups in total. The summed E-state index contributed by atoms with van der Waals surface area (Å²) in [5, 5.41) is 12.7. The number of para-hydroxylation sites is 6. The normalized spacial score (nSPS) is 11.8. The molecule has 31 rings (SSSR count). The van der Waals surface area contributed by atoms with Crippen LogP contribution in [0.25, 0.3) is 308 Å². The van der Waals surface area contributed by atoms with Crippen molar-refractivity contribution < 1.29 is 26.5 Å². The minimum absolute atomic E-state index is 0.530. The van der Waals surface area contributed by atoms with Crippen molar-refractivity contribution in [3.05, 3.63) is 425 Å². The molecule has 0 bridgehead atoms. The number of thiophene rings is 3. The molecule has 147 heavy (non-hydrogen) atoms. The van der Waals surface area contributed by atoms with Gasteiger partial charge >= 0.3 is 0 Å². The molecule has 0 fully saturated rings. The van der Waals surface area contributed by atoms with Crippen LogP contribution in [0.15, 0.2) is 451 Å². The number of aromatic nitrogens is 12. The molecule has 0 aliphatic heterocycles. The molecule has 0 aliphatic rings. The first-order chi connectivity index (χ1) is 72.8. The van der Waals surface area contributed by atoms with Gasteiger partial charge in [0.25, 0.3) is 0 Å². The van der Waals surface area contributed by atoms with Crippen LogP contribution in [0.1, 0.15) is 0 Å². The lowest BCUT2D eigenvalue weighted by molar-refractivity contribution is 0.620. The molecule has 12 aromatic heterocycles. The van der Waals surface area contributed by atoms with Gasteiger partial charge < -0.3 is 26.5 Å². The Morgan fingerprint density at radius 1 is 0.143 bits per heavy atom. The molecule has 0 amide bonds. The van der Waals surface area contributed by atoms with Gasteiger partial charge in [-0.05, 0) is 145 Å². The van der Waals surface area contributed by atoms with E-state index in [0.717, 1.165) is 177 Å². The van der Waals surface area contributed by atoms with Gasteiger partial charge in [-0.3, -0.25) is 0 Å². The van der Waals surface area contributed by atoms with Crippen molar-refractivity contribution >= 4 is 194 Å². The Hall–Kier alpha value is -19.3. The fourth-order valence-corrected chi connectivity index (χ4v) is 23.7. The summed E-state index contributed by atoms with van der Waals surface area (Å²) in [7, 11) is 0. The monoisotopic (exact) mass is 1940 g/mol. The minimum atomic E-state index is 0.530. The van der Waals surface area contributed by atoms with Crippen LogP contribution in [0.2, 0.25) is 0 Å². The molecule has 0 saturated carbocycles. The van der Waals surface area contributed by atoms with Crippen LogP contribution in [0.5, 0.6) is 0 Å². The van der Waals surface area contributed by atoms with Crippen molar-refractivity contribution in [2.45, 2.75) is 0 Å². The standard InChI is InChI=1S/C46H26N4O2S.2C40H22N4O2S/c1-2-11-28(12-3-1)43-48-44(29-25-23-27(24-26-29)30-14-8-15-32-31-13-4-7-22-39(31)53-42(30)32)50-45(49-43)33-16-9-20-37-40(33)41-34(17-10-21-38(41)51-37)46-47-35-18-5-6-19-36(35)52-46;1-2-11-23(12-3-1)37-42-38(25-15-10-22-33-34(25)24-13-4-7-21-32(24)47-33)44-39(43-37)26-14-8-19-30-35(26)36-27(16-9-20-31(36)45-30)40-41-28-17-5-6-18-29(28)46-40;1-2-10-23(11-3-1)37-42-38(24-20-21-34-28(22-24)25-12-4-7-19-33(25)47-34)44-39(43-37)26-13-8-17-31-35(26)36-27(14-9-18-32(36)45-31)40-41-29-15-5-6-16-30(29)46-40/h1-26H;2*1-22H. The van der Waals surface area contributed by atoms with E-state index < -0.39 is 0 Å². The molecule has 0 saturated heterocycles. The van der Waals surface area contributed by atoms with Gasteiger partial charge in [0, 0.05) is 160 Å². The van der Waals surface area contributed by atoms with Crippen molar-refractivity contribution in [1.29, 1.82) is 0 Å². The molecular weight excluding hydrogens is 1870 g/mol. The van der Waals surface area contributed by atoms with Crippen LogP contribution in [-0.2, 0) is 0 Å². The van der Waals surface area contributed by atoms with E-state index >= 15 is 0 Å². The molecule has 688 valence electrons. The maximum absolute atomic E-state index is 6.45. The molecule has 0 radical (unpaired) electrons. The van der Waals surface area contributed by atoms with E-state index in [4.69, 9.17) is 86.3 Å². The van der Waals surface area contributed by atoms with Crippen molar-refractivity contribution in [1.82, 2.24) is 59.8 Å². The number of nitrogens with zero attached hydrogens (tertiary/aromatic N) is 12. The van der Waals surface area contributed by atoms with E-state index in [1.807, 2.05) is 278 Å². The molecule has 0 unspecified atom stereocenters. The maximum Gasteiger partial charge on any atom is 0.228 e. The fraction of sp³-hybridized carbons (Fsp3) is 0. The van der Waals surface area contributed by atoms with E-state index in [2.05, 4.69) is 158 Å². The first-order valence-corrected chi connectivity index (χ1v) is 50.4. The second-order valence-electron chi connectivity index (χ2n) is 35.8. The minimum Gasteiger partial charge on any atom is -0.456 e. The summed E-state index contributed by atoms with van der Waals surface area (Å²) < 4.78 is 45.6. The number of hydrogen-bond donors (Lipinski definition) is 0. The molecule has 21 heteroatoms. The Bertz CT molecular complexity index is 10600. The maximum atomic E-state index is 6.45. The first kappa shape index (κ1) is 84.5. The average molecular weight is 1940 g/mol. The van der Waals surface area contributed by atoms with Crippen molar-refractivity contribution in [3.8, 4) is 148 Å². The number of rotatable bonds is 13. The molecule has 19 aromatic carbocycles. The lowest BCUT2D eigenvalue weighted by Crippen LogP contribution is -2.00. The van der Waals surface area contributed by atoms with Gasteiger partial charge in [0.05, 0.1) is 0 Å². The topological polar surface area (TPSA) is 234 Å². The third-order valence-corrected chi connectivity index (χ3v) is 30.5. The number of hydrogen-bond acceptors (Lipinski definition) is 21. The highest BCUT2D eigenvalue weighted by Crippen LogP contribution is 2.50. The molecule has 0 aliphatic carbocycles. The largest absolute Gasteiger partial charge is 0.456 e. The zero-order valence-corrected chi connectivity index (χ0v) is 79.9. The predicted molar refractivity (Wildman–Crippen MR) is 593 cm³/mol. The average Bonchev–Trinajstić information content (AvgIpc) is 1.56. The van der Waals surface area contributed by atoms with E-state index in [1.165, 1.54) is 60.7 Å². The van der Waals surface area contributed by atoms with Gasteiger partial charge in [-0.25, -0.2) is 59.8 Å². The van der Waals surface area contributed by atoms with Gasteiger partial charge in [-0.15, -0.1) is 34.0 Å². The zero-order chi connectivity index (χ0) is 96.7. The fourth-order valence-electron chi connectivity index (χ4n) is 20.3. The molecule has 0 atom stereocenters. The van der Waals surface area contributed by atoms with E-state index in [1.54, 1.807) is 22.7 Å². The van der Waals surface area contributed by atoms with Crippen LogP contribution in [0, 0.1) is 0 Å². The Balaban J connectivity index is 0.000000104. The summed E-state index contributed by atoms with van der Waals surface area (Å²) in [5.74, 6) is 6.88. The summed E-state index contributed by atoms with van der Waals surface area (Å²) in [6, 6.07) is 143. The molecule has 12 heterocycles. The summed E-state index contributed by atoms with van der Waals surface area (Å²) >= 11 is 5.41. The SMILES string of the molecule is c1ccc(-c2nc(-c3ccc(-c4cccc5c4sc4ccccc45)cc3)nc(-c3cccc4oc5cccc(-c6nc7ccccc7o6)c5c34)n2)cc1.c1ccc(-c2nc(-c3ccc4sc5ccccc5c4c3)nc(-c3cccc4oc5cccc(-c6nc7ccccc7o6)c5c34)n2)cc1.c1ccc(-c2nc(-c3cccc4sc5ccccc5c34)nc(-c3cccc4oc5cccc(-c6nc7ccccc7o6)c5c34)n2)cc1. The van der Waals surface area contributed by atoms with E-state index in [-0.39, 0.29) is 0 Å². The van der Waals surface area contributed by atoms with Gasteiger partial charge in [0.1, 0.15) is 50.0 Å². The molecule has 18 nitrogen and oxygen atoms in total. The number of furan rings is 3. The lowest BCUT2D eigenvalue weighted by Gasteiger charge is -2.10. The summed E-state index contributed by atoms with van der Waals surface area (Å²) in [6.45, 7) is 0. The number of fused-ring (bicyclic) bond motifs is 21. The first-order valence-electron chi connectivity index (χ1n) is 48.0. The van der Waals surface area contributed by atoms with E-state index in [0.29, 0.717) is 70.1 Å².